The van der Waals surface area contributed by atoms with Crippen molar-refractivity contribution in [2.75, 3.05) is 0 Å². The first-order chi connectivity index (χ1) is 11.3. The van der Waals surface area contributed by atoms with Crippen LogP contribution in [-0.4, -0.2) is 9.97 Å². The van der Waals surface area contributed by atoms with E-state index in [-0.39, 0.29) is 0 Å². The van der Waals surface area contributed by atoms with E-state index in [9.17, 15) is 0 Å². The fraction of sp³-hybridized carbons (Fsp3) is 0.400. The summed E-state index contributed by atoms with van der Waals surface area (Å²) < 4.78 is 0. The van der Waals surface area contributed by atoms with Gasteiger partial charge < -0.3 is 0 Å². The van der Waals surface area contributed by atoms with Crippen molar-refractivity contribution in [2.24, 2.45) is 5.92 Å². The van der Waals surface area contributed by atoms with E-state index >= 15 is 0 Å². The van der Waals surface area contributed by atoms with E-state index in [0.29, 0.717) is 5.92 Å². The van der Waals surface area contributed by atoms with Gasteiger partial charge in [-0.15, -0.1) is 0 Å². The Labute approximate surface area is 143 Å². The highest BCUT2D eigenvalue weighted by Gasteiger charge is 2.21. The molecule has 1 aliphatic carbocycles. The van der Waals surface area contributed by atoms with Crippen molar-refractivity contribution in [2.45, 2.75) is 44.9 Å². The van der Waals surface area contributed by atoms with Crippen LogP contribution in [0, 0.1) is 5.92 Å². The largest absolute Gasteiger partial charge is 0.236 e. The van der Waals surface area contributed by atoms with Crippen LogP contribution in [0.2, 0.25) is 5.02 Å². The average Bonchev–Trinajstić information content (AvgIpc) is 2.61. The zero-order chi connectivity index (χ0) is 16.1. The van der Waals surface area contributed by atoms with Crippen molar-refractivity contribution >= 4 is 11.6 Å². The molecular weight excluding hydrogens is 304 g/mol. The van der Waals surface area contributed by atoms with Gasteiger partial charge in [0.25, 0.3) is 0 Å². The van der Waals surface area contributed by atoms with Gasteiger partial charge in [-0.2, -0.15) is 0 Å². The SMILES string of the molecule is CCC=CC1CCC(c2cnc(-c3ccc(Cl)cc3)nc2)CC1. The minimum Gasteiger partial charge on any atom is -0.236 e. The predicted molar refractivity (Wildman–Crippen MR) is 96.6 cm³/mol. The number of allylic oxidation sites excluding steroid dienone is 2. The molecular formula is C20H23ClN2. The molecule has 1 aromatic heterocycles. The highest BCUT2D eigenvalue weighted by atomic mass is 35.5. The molecule has 2 nitrogen and oxygen atoms in total. The van der Waals surface area contributed by atoms with Gasteiger partial charge in [0.05, 0.1) is 0 Å². The number of rotatable bonds is 4. The molecule has 1 heterocycles. The molecule has 0 radical (unpaired) electrons. The minimum absolute atomic E-state index is 0.612. The Morgan fingerprint density at radius 2 is 1.70 bits per heavy atom. The molecule has 3 heteroatoms. The number of benzene rings is 1. The van der Waals surface area contributed by atoms with Gasteiger partial charge in [0, 0.05) is 23.0 Å². The molecule has 2 aromatic rings. The lowest BCUT2D eigenvalue weighted by atomic mass is 9.79. The molecule has 1 aromatic carbocycles. The number of hydrogen-bond acceptors (Lipinski definition) is 2. The van der Waals surface area contributed by atoms with Crippen LogP contribution < -0.4 is 0 Å². The fourth-order valence-electron chi connectivity index (χ4n) is 3.27. The molecule has 0 saturated heterocycles. The Bertz CT molecular complexity index is 638. The third kappa shape index (κ3) is 4.20. The molecule has 3 rings (SSSR count). The molecule has 23 heavy (non-hydrogen) atoms. The van der Waals surface area contributed by atoms with Crippen LogP contribution in [0.25, 0.3) is 11.4 Å². The zero-order valence-electron chi connectivity index (χ0n) is 13.6. The molecule has 1 fully saturated rings. The maximum Gasteiger partial charge on any atom is 0.159 e. The third-order valence-corrected chi connectivity index (χ3v) is 4.91. The molecule has 0 amide bonds. The molecule has 0 bridgehead atoms. The Morgan fingerprint density at radius 1 is 1.04 bits per heavy atom. The summed E-state index contributed by atoms with van der Waals surface area (Å²) in [6.07, 6.45) is 14.9. The van der Waals surface area contributed by atoms with Crippen LogP contribution in [0.4, 0.5) is 0 Å². The second-order valence-corrected chi connectivity index (χ2v) is 6.73. The van der Waals surface area contributed by atoms with Crippen molar-refractivity contribution in [3.8, 4) is 11.4 Å². The smallest absolute Gasteiger partial charge is 0.159 e. The van der Waals surface area contributed by atoms with Gasteiger partial charge in [0.1, 0.15) is 0 Å². The first kappa shape index (κ1) is 16.2. The Morgan fingerprint density at radius 3 is 2.30 bits per heavy atom. The number of nitrogens with zero attached hydrogens (tertiary/aromatic N) is 2. The van der Waals surface area contributed by atoms with E-state index < -0.39 is 0 Å². The standard InChI is InChI=1S/C20H23ClN2/c1-2-3-4-15-5-7-16(8-6-15)18-13-22-20(23-14-18)17-9-11-19(21)12-10-17/h3-4,9-16H,2,5-8H2,1H3. The quantitative estimate of drug-likeness (QED) is 0.640. The number of hydrogen-bond donors (Lipinski definition) is 0. The van der Waals surface area contributed by atoms with E-state index in [0.717, 1.165) is 28.7 Å². The van der Waals surface area contributed by atoms with Crippen molar-refractivity contribution in [3.63, 3.8) is 0 Å². The summed E-state index contributed by atoms with van der Waals surface area (Å²) in [4.78, 5) is 9.11. The third-order valence-electron chi connectivity index (χ3n) is 4.66. The van der Waals surface area contributed by atoms with Gasteiger partial charge in [-0.05, 0) is 73.8 Å². The lowest BCUT2D eigenvalue weighted by Gasteiger charge is -2.26. The zero-order valence-corrected chi connectivity index (χ0v) is 14.3. The van der Waals surface area contributed by atoms with Crippen molar-refractivity contribution < 1.29 is 0 Å². The van der Waals surface area contributed by atoms with E-state index in [1.807, 2.05) is 36.7 Å². The fourth-order valence-corrected chi connectivity index (χ4v) is 3.40. The molecule has 1 aliphatic rings. The minimum atomic E-state index is 0.612. The second-order valence-electron chi connectivity index (χ2n) is 6.30. The molecule has 120 valence electrons. The van der Waals surface area contributed by atoms with Crippen LogP contribution in [0.15, 0.2) is 48.8 Å². The average molecular weight is 327 g/mol. The summed E-state index contributed by atoms with van der Waals surface area (Å²) in [6, 6.07) is 7.67. The normalized spacial score (nSPS) is 21.7. The van der Waals surface area contributed by atoms with Gasteiger partial charge in [0.15, 0.2) is 5.82 Å². The highest BCUT2D eigenvalue weighted by molar-refractivity contribution is 6.30. The Kier molecular flexibility index (Phi) is 5.45. The first-order valence-electron chi connectivity index (χ1n) is 8.51. The topological polar surface area (TPSA) is 25.8 Å². The number of halogens is 1. The van der Waals surface area contributed by atoms with Crippen molar-refractivity contribution in [3.05, 3.63) is 59.4 Å². The first-order valence-corrected chi connectivity index (χ1v) is 8.88. The second kappa shape index (κ2) is 7.74. The summed E-state index contributed by atoms with van der Waals surface area (Å²) in [7, 11) is 0. The summed E-state index contributed by atoms with van der Waals surface area (Å²) in [5.74, 6) is 2.14. The van der Waals surface area contributed by atoms with E-state index in [1.54, 1.807) is 0 Å². The molecule has 0 N–H and O–H groups in total. The molecule has 0 unspecified atom stereocenters. The molecule has 0 spiro atoms. The lowest BCUT2D eigenvalue weighted by Crippen LogP contribution is -2.12. The van der Waals surface area contributed by atoms with Gasteiger partial charge in [-0.25, -0.2) is 9.97 Å². The number of aromatic nitrogens is 2. The monoisotopic (exact) mass is 326 g/mol. The Hall–Kier alpha value is -1.67. The summed E-state index contributed by atoms with van der Waals surface area (Å²) >= 11 is 5.92. The van der Waals surface area contributed by atoms with Gasteiger partial charge in [-0.3, -0.25) is 0 Å². The summed E-state index contributed by atoms with van der Waals surface area (Å²) in [6.45, 7) is 2.20. The van der Waals surface area contributed by atoms with Crippen LogP contribution in [0.5, 0.6) is 0 Å². The maximum absolute atomic E-state index is 5.92. The predicted octanol–water partition coefficient (Wildman–Crippen LogP) is 6.04. The molecule has 0 atom stereocenters. The Balaban J connectivity index is 1.64. The summed E-state index contributed by atoms with van der Waals surface area (Å²) in [5, 5.41) is 0.735. The van der Waals surface area contributed by atoms with Crippen LogP contribution in [0.3, 0.4) is 0 Å². The van der Waals surface area contributed by atoms with E-state index in [1.165, 1.54) is 31.2 Å². The van der Waals surface area contributed by atoms with Gasteiger partial charge in [-0.1, -0.05) is 30.7 Å². The van der Waals surface area contributed by atoms with Gasteiger partial charge in [0.2, 0.25) is 0 Å². The molecule has 0 aliphatic heterocycles. The van der Waals surface area contributed by atoms with E-state index in [4.69, 9.17) is 11.6 Å². The molecule has 1 saturated carbocycles. The van der Waals surface area contributed by atoms with Crippen LogP contribution in [0.1, 0.15) is 50.5 Å². The van der Waals surface area contributed by atoms with Crippen LogP contribution >= 0.6 is 11.6 Å². The van der Waals surface area contributed by atoms with Crippen LogP contribution in [-0.2, 0) is 0 Å². The summed E-state index contributed by atoms with van der Waals surface area (Å²) in [5.41, 5.74) is 2.29. The maximum atomic E-state index is 5.92. The van der Waals surface area contributed by atoms with Crippen molar-refractivity contribution in [1.29, 1.82) is 0 Å². The van der Waals surface area contributed by atoms with Gasteiger partial charge >= 0.3 is 0 Å². The highest BCUT2D eigenvalue weighted by Crippen LogP contribution is 2.36. The lowest BCUT2D eigenvalue weighted by molar-refractivity contribution is 0.374. The van der Waals surface area contributed by atoms with Crippen molar-refractivity contribution in [1.82, 2.24) is 9.97 Å². The van der Waals surface area contributed by atoms with E-state index in [2.05, 4.69) is 29.0 Å².